The number of sulfonamides is 1. The highest BCUT2D eigenvalue weighted by Crippen LogP contribution is 2.28. The van der Waals surface area contributed by atoms with Crippen molar-refractivity contribution in [2.45, 2.75) is 11.8 Å². The molecule has 1 aliphatic heterocycles. The second kappa shape index (κ2) is 5.05. The summed E-state index contributed by atoms with van der Waals surface area (Å²) >= 11 is 5.93. The van der Waals surface area contributed by atoms with Crippen LogP contribution in [0.3, 0.4) is 0 Å². The average molecular weight is 291 g/mol. The minimum Gasteiger partial charge on any atom is -0.397 e. The van der Waals surface area contributed by atoms with Gasteiger partial charge in [-0.05, 0) is 24.6 Å². The number of ether oxygens (including phenoxy) is 1. The first-order valence-corrected chi connectivity index (χ1v) is 7.38. The van der Waals surface area contributed by atoms with Crippen LogP contribution in [0, 0.1) is 6.92 Å². The second-order valence-electron chi connectivity index (χ2n) is 4.16. The molecule has 2 N–H and O–H groups in total. The van der Waals surface area contributed by atoms with Crippen LogP contribution in [0.4, 0.5) is 5.69 Å². The number of nitrogens with two attached hydrogens (primary N) is 1. The largest absolute Gasteiger partial charge is 0.397 e. The summed E-state index contributed by atoms with van der Waals surface area (Å²) in [5, 5.41) is 0.399. The molecule has 0 aromatic heterocycles. The molecule has 0 unspecified atom stereocenters. The normalized spacial score (nSPS) is 17.9. The van der Waals surface area contributed by atoms with Crippen molar-refractivity contribution in [3.8, 4) is 0 Å². The first-order chi connectivity index (χ1) is 8.43. The summed E-state index contributed by atoms with van der Waals surface area (Å²) in [6.07, 6.45) is 0. The van der Waals surface area contributed by atoms with E-state index in [0.717, 1.165) is 0 Å². The molecular formula is C11H15ClN2O3S. The lowest BCUT2D eigenvalue weighted by molar-refractivity contribution is 0.0730. The summed E-state index contributed by atoms with van der Waals surface area (Å²) in [6, 6.07) is 2.95. The zero-order chi connectivity index (χ0) is 13.3. The summed E-state index contributed by atoms with van der Waals surface area (Å²) < 4.78 is 31.3. The van der Waals surface area contributed by atoms with E-state index in [-0.39, 0.29) is 10.6 Å². The van der Waals surface area contributed by atoms with E-state index in [4.69, 9.17) is 22.1 Å². The molecule has 5 nitrogen and oxygen atoms in total. The molecule has 1 aromatic carbocycles. The Labute approximate surface area is 112 Å². The molecule has 1 saturated heterocycles. The van der Waals surface area contributed by atoms with Gasteiger partial charge in [0.2, 0.25) is 10.0 Å². The van der Waals surface area contributed by atoms with Crippen LogP contribution in [-0.2, 0) is 14.8 Å². The molecule has 7 heteroatoms. The Morgan fingerprint density at radius 1 is 1.33 bits per heavy atom. The molecule has 1 aliphatic rings. The van der Waals surface area contributed by atoms with Gasteiger partial charge >= 0.3 is 0 Å². The van der Waals surface area contributed by atoms with Crippen LogP contribution in [0.5, 0.6) is 0 Å². The van der Waals surface area contributed by atoms with Crippen molar-refractivity contribution in [3.05, 3.63) is 22.7 Å². The molecule has 1 heterocycles. The number of nitrogens with zero attached hydrogens (tertiary/aromatic N) is 1. The van der Waals surface area contributed by atoms with Gasteiger partial charge in [-0.1, -0.05) is 11.6 Å². The van der Waals surface area contributed by atoms with Crippen LogP contribution in [0.1, 0.15) is 5.56 Å². The van der Waals surface area contributed by atoms with Crippen molar-refractivity contribution in [1.29, 1.82) is 0 Å². The summed E-state index contributed by atoms with van der Waals surface area (Å²) in [5.74, 6) is 0. The summed E-state index contributed by atoms with van der Waals surface area (Å²) in [6.45, 7) is 3.30. The molecule has 0 spiro atoms. The highest BCUT2D eigenvalue weighted by Gasteiger charge is 2.27. The lowest BCUT2D eigenvalue weighted by Crippen LogP contribution is -2.40. The molecule has 0 aliphatic carbocycles. The molecule has 0 saturated carbocycles. The van der Waals surface area contributed by atoms with E-state index >= 15 is 0 Å². The molecule has 2 rings (SSSR count). The predicted molar refractivity (Wildman–Crippen MR) is 70.2 cm³/mol. The van der Waals surface area contributed by atoms with E-state index < -0.39 is 10.0 Å². The third kappa shape index (κ3) is 2.47. The van der Waals surface area contributed by atoms with Gasteiger partial charge in [-0.3, -0.25) is 0 Å². The number of halogens is 1. The Hall–Kier alpha value is -0.820. The fraction of sp³-hybridized carbons (Fsp3) is 0.455. The van der Waals surface area contributed by atoms with Crippen molar-refractivity contribution in [3.63, 3.8) is 0 Å². The molecule has 0 amide bonds. The van der Waals surface area contributed by atoms with Crippen LogP contribution in [-0.4, -0.2) is 39.0 Å². The third-order valence-corrected chi connectivity index (χ3v) is 5.26. The Morgan fingerprint density at radius 2 is 1.94 bits per heavy atom. The van der Waals surface area contributed by atoms with Gasteiger partial charge in [0.05, 0.1) is 28.8 Å². The van der Waals surface area contributed by atoms with Crippen molar-refractivity contribution in [2.24, 2.45) is 0 Å². The molecule has 100 valence electrons. The van der Waals surface area contributed by atoms with Gasteiger partial charge in [-0.15, -0.1) is 0 Å². The number of hydrogen-bond donors (Lipinski definition) is 1. The first kappa shape index (κ1) is 13.6. The van der Waals surface area contributed by atoms with E-state index in [1.807, 2.05) is 0 Å². The minimum atomic E-state index is -3.51. The van der Waals surface area contributed by atoms with E-state index in [2.05, 4.69) is 0 Å². The van der Waals surface area contributed by atoms with E-state index in [0.29, 0.717) is 36.9 Å². The molecule has 0 atom stereocenters. The quantitative estimate of drug-likeness (QED) is 0.832. The number of nitrogen functional groups attached to an aromatic ring is 1. The van der Waals surface area contributed by atoms with Crippen molar-refractivity contribution < 1.29 is 13.2 Å². The summed E-state index contributed by atoms with van der Waals surface area (Å²) in [7, 11) is -3.51. The van der Waals surface area contributed by atoms with Crippen LogP contribution in [0.15, 0.2) is 17.0 Å². The van der Waals surface area contributed by atoms with Gasteiger partial charge in [0, 0.05) is 13.1 Å². The number of rotatable bonds is 2. The summed E-state index contributed by atoms with van der Waals surface area (Å²) in [5.41, 5.74) is 6.65. The van der Waals surface area contributed by atoms with Crippen LogP contribution in [0.25, 0.3) is 0 Å². The number of aryl methyl sites for hydroxylation is 1. The van der Waals surface area contributed by atoms with E-state index in [1.165, 1.54) is 10.4 Å². The molecular weight excluding hydrogens is 276 g/mol. The van der Waals surface area contributed by atoms with Crippen LogP contribution in [0.2, 0.25) is 5.02 Å². The fourth-order valence-corrected chi connectivity index (χ4v) is 3.49. The lowest BCUT2D eigenvalue weighted by Gasteiger charge is -2.26. The second-order valence-corrected chi connectivity index (χ2v) is 6.48. The van der Waals surface area contributed by atoms with Crippen LogP contribution < -0.4 is 5.73 Å². The average Bonchev–Trinajstić information content (AvgIpc) is 2.36. The van der Waals surface area contributed by atoms with Gasteiger partial charge in [-0.25, -0.2) is 8.42 Å². The molecule has 0 bridgehead atoms. The summed E-state index contributed by atoms with van der Waals surface area (Å²) in [4.78, 5) is 0.184. The topological polar surface area (TPSA) is 72.6 Å². The Balaban J connectivity index is 2.41. The van der Waals surface area contributed by atoms with Crippen LogP contribution >= 0.6 is 11.6 Å². The van der Waals surface area contributed by atoms with Gasteiger partial charge < -0.3 is 10.5 Å². The molecule has 1 aromatic rings. The number of anilines is 1. The zero-order valence-corrected chi connectivity index (χ0v) is 11.6. The predicted octanol–water partition coefficient (Wildman–Crippen LogP) is 1.25. The molecule has 1 fully saturated rings. The van der Waals surface area contributed by atoms with E-state index in [9.17, 15) is 8.42 Å². The van der Waals surface area contributed by atoms with Gasteiger partial charge in [0.15, 0.2) is 0 Å². The molecule has 0 radical (unpaired) electrons. The number of hydrogen-bond acceptors (Lipinski definition) is 4. The standard InChI is InChI=1S/C11H15ClN2O3S/c1-8-6-9(7-10(13)11(8)12)18(15,16)14-2-4-17-5-3-14/h6-7H,2-5,13H2,1H3. The van der Waals surface area contributed by atoms with Crippen molar-refractivity contribution >= 4 is 27.3 Å². The lowest BCUT2D eigenvalue weighted by atomic mass is 10.2. The maximum Gasteiger partial charge on any atom is 0.243 e. The van der Waals surface area contributed by atoms with E-state index in [1.54, 1.807) is 13.0 Å². The Morgan fingerprint density at radius 3 is 2.50 bits per heavy atom. The van der Waals surface area contributed by atoms with Crippen molar-refractivity contribution in [2.75, 3.05) is 32.0 Å². The van der Waals surface area contributed by atoms with Gasteiger partial charge in [-0.2, -0.15) is 4.31 Å². The number of benzene rings is 1. The highest BCUT2D eigenvalue weighted by molar-refractivity contribution is 7.89. The maximum atomic E-state index is 12.4. The Bertz CT molecular complexity index is 530. The highest BCUT2D eigenvalue weighted by atomic mass is 35.5. The third-order valence-electron chi connectivity index (χ3n) is 2.86. The zero-order valence-electron chi connectivity index (χ0n) is 10.0. The SMILES string of the molecule is Cc1cc(S(=O)(=O)N2CCOCC2)cc(N)c1Cl. The van der Waals surface area contributed by atoms with Gasteiger partial charge in [0.1, 0.15) is 0 Å². The number of morpholine rings is 1. The Kier molecular flexibility index (Phi) is 3.82. The monoisotopic (exact) mass is 290 g/mol. The van der Waals surface area contributed by atoms with Gasteiger partial charge in [0.25, 0.3) is 0 Å². The first-order valence-electron chi connectivity index (χ1n) is 5.56. The molecule has 18 heavy (non-hydrogen) atoms. The van der Waals surface area contributed by atoms with Crippen molar-refractivity contribution in [1.82, 2.24) is 4.31 Å². The fourth-order valence-electron chi connectivity index (χ4n) is 1.85. The smallest absolute Gasteiger partial charge is 0.243 e. The maximum absolute atomic E-state index is 12.4. The minimum absolute atomic E-state index is 0.184.